The second kappa shape index (κ2) is 4.34. The second-order valence-electron chi connectivity index (χ2n) is 2.84. The van der Waals surface area contributed by atoms with Gasteiger partial charge in [0.25, 0.3) is 10.1 Å². The van der Waals surface area contributed by atoms with Crippen molar-refractivity contribution in [1.29, 1.82) is 0 Å². The van der Waals surface area contributed by atoms with Crippen LogP contribution in [0.1, 0.15) is 11.5 Å². The van der Waals surface area contributed by atoms with Crippen molar-refractivity contribution in [3.63, 3.8) is 0 Å². The minimum absolute atomic E-state index is 0.159. The highest BCUT2D eigenvalue weighted by molar-refractivity contribution is 7.85. The molecule has 1 rings (SSSR count). The lowest BCUT2D eigenvalue weighted by molar-refractivity contribution is -0.145. The zero-order valence-electron chi connectivity index (χ0n) is 8.02. The van der Waals surface area contributed by atoms with Crippen molar-refractivity contribution in [2.45, 2.75) is 12.8 Å². The van der Waals surface area contributed by atoms with Crippen LogP contribution in [0.5, 0.6) is 0 Å². The molecule has 5 nitrogen and oxygen atoms in total. The van der Waals surface area contributed by atoms with Gasteiger partial charge in [-0.3, -0.25) is 4.18 Å². The number of alkyl halides is 3. The van der Waals surface area contributed by atoms with E-state index in [9.17, 15) is 21.6 Å². The van der Waals surface area contributed by atoms with Gasteiger partial charge in [-0.25, -0.2) is 9.97 Å². The summed E-state index contributed by atoms with van der Waals surface area (Å²) >= 11 is 0. The fourth-order valence-electron chi connectivity index (χ4n) is 0.780. The van der Waals surface area contributed by atoms with Crippen LogP contribution in [0.4, 0.5) is 13.2 Å². The fraction of sp³-hybridized carbons (Fsp3) is 0.429. The summed E-state index contributed by atoms with van der Waals surface area (Å²) < 4.78 is 62.0. The van der Waals surface area contributed by atoms with Gasteiger partial charge in [-0.05, 0) is 6.07 Å². The minimum Gasteiger partial charge on any atom is -0.264 e. The molecular formula is C7H7F3N2O3S. The van der Waals surface area contributed by atoms with E-state index in [4.69, 9.17) is 0 Å². The molecule has 0 bridgehead atoms. The van der Waals surface area contributed by atoms with Gasteiger partial charge in [0, 0.05) is 6.20 Å². The van der Waals surface area contributed by atoms with E-state index in [0.717, 1.165) is 18.5 Å². The summed E-state index contributed by atoms with van der Waals surface area (Å²) in [5.41, 5.74) is -0.159. The number of nitrogens with zero attached hydrogens (tertiary/aromatic N) is 2. The maximum atomic E-state index is 12.2. The number of hydrogen-bond acceptors (Lipinski definition) is 5. The van der Waals surface area contributed by atoms with E-state index in [2.05, 4.69) is 14.2 Å². The van der Waals surface area contributed by atoms with Crippen LogP contribution in [0.2, 0.25) is 0 Å². The van der Waals surface area contributed by atoms with Crippen molar-refractivity contribution in [3.8, 4) is 0 Å². The van der Waals surface area contributed by atoms with Crippen LogP contribution >= 0.6 is 0 Å². The van der Waals surface area contributed by atoms with Gasteiger partial charge in [-0.1, -0.05) is 0 Å². The molecular weight excluding hydrogens is 249 g/mol. The molecule has 0 N–H and O–H groups in total. The van der Waals surface area contributed by atoms with E-state index in [-0.39, 0.29) is 5.69 Å². The monoisotopic (exact) mass is 256 g/mol. The lowest BCUT2D eigenvalue weighted by atomic mass is 10.4. The van der Waals surface area contributed by atoms with Crippen molar-refractivity contribution in [2.24, 2.45) is 0 Å². The summed E-state index contributed by atoms with van der Waals surface area (Å²) in [6.45, 7) is -0.551. The molecule has 0 atom stereocenters. The molecule has 9 heteroatoms. The Morgan fingerprint density at radius 2 is 2.06 bits per heavy atom. The second-order valence-corrected chi connectivity index (χ2v) is 4.48. The molecule has 0 unspecified atom stereocenters. The molecule has 0 aliphatic heterocycles. The van der Waals surface area contributed by atoms with Crippen molar-refractivity contribution in [1.82, 2.24) is 9.97 Å². The minimum atomic E-state index is -4.67. The van der Waals surface area contributed by atoms with E-state index in [1.54, 1.807) is 0 Å². The molecule has 0 aliphatic carbocycles. The molecule has 0 amide bonds. The third kappa shape index (κ3) is 4.11. The average molecular weight is 256 g/mol. The molecule has 0 aliphatic rings. The number of rotatable bonds is 3. The van der Waals surface area contributed by atoms with Gasteiger partial charge in [-0.2, -0.15) is 21.6 Å². The normalized spacial score (nSPS) is 12.8. The van der Waals surface area contributed by atoms with Gasteiger partial charge in [-0.15, -0.1) is 0 Å². The summed E-state index contributed by atoms with van der Waals surface area (Å²) in [4.78, 5) is 6.14. The van der Waals surface area contributed by atoms with Gasteiger partial charge in [0.05, 0.1) is 11.9 Å². The maximum absolute atomic E-state index is 12.2. The fourth-order valence-corrected chi connectivity index (χ4v) is 1.12. The third-order valence-electron chi connectivity index (χ3n) is 1.39. The molecule has 90 valence electrons. The summed E-state index contributed by atoms with van der Waals surface area (Å²) in [5.74, 6) is -1.33. The first-order valence-electron chi connectivity index (χ1n) is 3.92. The zero-order chi connectivity index (χ0) is 12.4. The Morgan fingerprint density at radius 3 is 2.56 bits per heavy atom. The van der Waals surface area contributed by atoms with Crippen molar-refractivity contribution in [2.75, 3.05) is 6.26 Å². The number of hydrogen-bond donors (Lipinski definition) is 0. The van der Waals surface area contributed by atoms with Crippen LogP contribution in [0.15, 0.2) is 12.3 Å². The molecule has 1 aromatic rings. The topological polar surface area (TPSA) is 69.2 Å². The van der Waals surface area contributed by atoms with Gasteiger partial charge in [0.15, 0.2) is 0 Å². The van der Waals surface area contributed by atoms with E-state index in [1.165, 1.54) is 0 Å². The lowest BCUT2D eigenvalue weighted by Gasteiger charge is -2.06. The predicted molar refractivity (Wildman–Crippen MR) is 46.7 cm³/mol. The molecule has 0 spiro atoms. The SMILES string of the molecule is CS(=O)(=O)OCc1ccnc(C(F)(F)F)n1. The molecule has 0 radical (unpaired) electrons. The predicted octanol–water partition coefficient (Wildman–Crippen LogP) is 0.972. The average Bonchev–Trinajstić information content (AvgIpc) is 2.13. The highest BCUT2D eigenvalue weighted by Crippen LogP contribution is 2.25. The zero-order valence-corrected chi connectivity index (χ0v) is 8.84. The Kier molecular flexibility index (Phi) is 3.48. The first-order valence-corrected chi connectivity index (χ1v) is 5.73. The lowest BCUT2D eigenvalue weighted by Crippen LogP contribution is -2.13. The summed E-state index contributed by atoms with van der Waals surface area (Å²) in [5, 5.41) is 0. The van der Waals surface area contributed by atoms with Gasteiger partial charge < -0.3 is 0 Å². The van der Waals surface area contributed by atoms with E-state index in [1.807, 2.05) is 0 Å². The molecule has 16 heavy (non-hydrogen) atoms. The standard InChI is InChI=1S/C7H7F3N2O3S/c1-16(13,14)15-4-5-2-3-11-6(12-5)7(8,9)10/h2-3H,4H2,1H3. The van der Waals surface area contributed by atoms with E-state index in [0.29, 0.717) is 0 Å². The Morgan fingerprint density at radius 1 is 1.44 bits per heavy atom. The molecule has 0 fully saturated rings. The molecule has 1 aromatic heterocycles. The highest BCUT2D eigenvalue weighted by atomic mass is 32.2. The third-order valence-corrected chi connectivity index (χ3v) is 1.93. The van der Waals surface area contributed by atoms with Gasteiger partial charge in [0.2, 0.25) is 5.82 Å². The first-order chi connectivity index (χ1) is 7.18. The van der Waals surface area contributed by atoms with Gasteiger partial charge >= 0.3 is 6.18 Å². The Bertz CT molecular complexity index is 472. The smallest absolute Gasteiger partial charge is 0.264 e. The van der Waals surface area contributed by atoms with Crippen LogP contribution in [0, 0.1) is 0 Å². The van der Waals surface area contributed by atoms with E-state index < -0.39 is 28.7 Å². The summed E-state index contributed by atoms with van der Waals surface area (Å²) in [6.07, 6.45) is -2.99. The molecule has 0 saturated heterocycles. The summed E-state index contributed by atoms with van der Waals surface area (Å²) in [7, 11) is -3.71. The molecule has 1 heterocycles. The van der Waals surface area contributed by atoms with Crippen molar-refractivity contribution in [3.05, 3.63) is 23.8 Å². The van der Waals surface area contributed by atoms with Gasteiger partial charge in [0.1, 0.15) is 6.61 Å². The first kappa shape index (κ1) is 12.8. The molecule has 0 aromatic carbocycles. The number of aromatic nitrogens is 2. The Hall–Kier alpha value is -1.22. The van der Waals surface area contributed by atoms with E-state index >= 15 is 0 Å². The van der Waals surface area contributed by atoms with Crippen LogP contribution in [0.3, 0.4) is 0 Å². The highest BCUT2D eigenvalue weighted by Gasteiger charge is 2.34. The van der Waals surface area contributed by atoms with Crippen LogP contribution in [-0.4, -0.2) is 24.6 Å². The Balaban J connectivity index is 2.84. The number of halogens is 3. The summed E-state index contributed by atoms with van der Waals surface area (Å²) in [6, 6.07) is 1.14. The van der Waals surface area contributed by atoms with Crippen LogP contribution < -0.4 is 0 Å². The quantitative estimate of drug-likeness (QED) is 0.754. The van der Waals surface area contributed by atoms with Crippen molar-refractivity contribution >= 4 is 10.1 Å². The Labute approximate surface area is 89.4 Å². The van der Waals surface area contributed by atoms with Crippen molar-refractivity contribution < 1.29 is 25.8 Å². The van der Waals surface area contributed by atoms with Crippen LogP contribution in [-0.2, 0) is 27.1 Å². The van der Waals surface area contributed by atoms with Crippen LogP contribution in [0.25, 0.3) is 0 Å². The largest absolute Gasteiger partial charge is 0.451 e. The molecule has 0 saturated carbocycles. The maximum Gasteiger partial charge on any atom is 0.451 e.